The van der Waals surface area contributed by atoms with Gasteiger partial charge in [-0.25, -0.2) is 0 Å². The highest BCUT2D eigenvalue weighted by Gasteiger charge is 1.87. The van der Waals surface area contributed by atoms with Crippen LogP contribution in [0.2, 0.25) is 0 Å². The monoisotopic (exact) mass is 139 g/mol. The van der Waals surface area contributed by atoms with E-state index in [1.54, 1.807) is 24.3 Å². The summed E-state index contributed by atoms with van der Waals surface area (Å²) >= 11 is 0. The molecule has 0 aliphatic carbocycles. The average molecular weight is 139 g/mol. The van der Waals surface area contributed by atoms with Crippen LogP contribution in [0, 0.1) is 0 Å². The van der Waals surface area contributed by atoms with Crippen molar-refractivity contribution in [2.75, 3.05) is 5.73 Å². The molecule has 3 nitrogen and oxygen atoms in total. The molecule has 0 amide bonds. The van der Waals surface area contributed by atoms with Crippen molar-refractivity contribution in [2.24, 2.45) is 0 Å². The number of rotatable bonds is 0. The van der Waals surface area contributed by atoms with Gasteiger partial charge in [-0.2, -0.15) is 0 Å². The average Bonchev–Trinajstić information content (AvgIpc) is 2.00. The number of benzene rings is 1. The summed E-state index contributed by atoms with van der Waals surface area (Å²) in [6.45, 7) is 2.00. The van der Waals surface area contributed by atoms with Gasteiger partial charge < -0.3 is 15.6 Å². The molecule has 0 fully saturated rings. The van der Waals surface area contributed by atoms with Gasteiger partial charge in [0, 0.05) is 0 Å². The Balaban J connectivity index is 0.000000371. The first-order valence-electron chi connectivity index (χ1n) is 2.63. The number of nitrogens with two attached hydrogens (primary N) is 1. The smallest absolute Gasteiger partial charge is 0.138 e. The van der Waals surface area contributed by atoms with Crippen molar-refractivity contribution >= 4 is 12.5 Å². The lowest BCUT2D eigenvalue weighted by Crippen LogP contribution is -1.82. The highest BCUT2D eigenvalue weighted by Crippen LogP contribution is 2.16. The summed E-state index contributed by atoms with van der Waals surface area (Å²) in [6, 6.07) is 6.70. The van der Waals surface area contributed by atoms with Crippen LogP contribution in [-0.4, -0.2) is 11.9 Å². The Kier molecular flexibility index (Phi) is 3.72. The minimum absolute atomic E-state index is 0.146. The van der Waals surface area contributed by atoms with Gasteiger partial charge in [0.1, 0.15) is 12.5 Å². The van der Waals surface area contributed by atoms with E-state index in [1.807, 2.05) is 6.79 Å². The highest BCUT2D eigenvalue weighted by molar-refractivity contribution is 5.50. The first-order chi connectivity index (χ1) is 4.80. The molecule has 0 saturated carbocycles. The lowest BCUT2D eigenvalue weighted by molar-refractivity contribution is -0.0979. The second-order valence-electron chi connectivity index (χ2n) is 1.56. The Labute approximate surface area is 59.1 Å². The Morgan fingerprint density at radius 2 is 1.80 bits per heavy atom. The van der Waals surface area contributed by atoms with E-state index in [0.29, 0.717) is 5.69 Å². The third-order valence-electron chi connectivity index (χ3n) is 0.937. The molecule has 0 heterocycles. The van der Waals surface area contributed by atoms with Gasteiger partial charge >= 0.3 is 0 Å². The molecule has 1 aromatic carbocycles. The first-order valence-corrected chi connectivity index (χ1v) is 2.63. The summed E-state index contributed by atoms with van der Waals surface area (Å²) in [5.41, 5.74) is 5.69. The first kappa shape index (κ1) is 8.49. The summed E-state index contributed by atoms with van der Waals surface area (Å²) < 4.78 is 0. The van der Waals surface area contributed by atoms with Gasteiger partial charge in [-0.05, 0) is 12.1 Å². The van der Waals surface area contributed by atoms with Gasteiger partial charge in [-0.3, -0.25) is 0 Å². The molecule has 54 valence electrons. The maximum Gasteiger partial charge on any atom is 0.138 e. The number of nitrogen functional groups attached to an aromatic ring is 1. The second-order valence-corrected chi connectivity index (χ2v) is 1.56. The largest absolute Gasteiger partial charge is 0.506 e. The zero-order valence-corrected chi connectivity index (χ0v) is 5.45. The van der Waals surface area contributed by atoms with E-state index >= 15 is 0 Å². The molecule has 0 saturated heterocycles. The van der Waals surface area contributed by atoms with Crippen LogP contribution in [0.1, 0.15) is 0 Å². The molecular formula is C7H9NO2. The molecule has 10 heavy (non-hydrogen) atoms. The van der Waals surface area contributed by atoms with Crippen LogP contribution < -0.4 is 5.73 Å². The van der Waals surface area contributed by atoms with Crippen molar-refractivity contribution in [2.45, 2.75) is 0 Å². The van der Waals surface area contributed by atoms with Crippen molar-refractivity contribution in [3.05, 3.63) is 24.3 Å². The van der Waals surface area contributed by atoms with E-state index in [-0.39, 0.29) is 5.75 Å². The lowest BCUT2D eigenvalue weighted by atomic mass is 10.3. The van der Waals surface area contributed by atoms with Crippen LogP contribution in [0.3, 0.4) is 0 Å². The maximum absolute atomic E-state index is 8.79. The predicted molar refractivity (Wildman–Crippen MR) is 39.6 cm³/mol. The molecule has 3 N–H and O–H groups in total. The second kappa shape index (κ2) is 4.38. The van der Waals surface area contributed by atoms with Gasteiger partial charge in [0.15, 0.2) is 0 Å². The fraction of sp³-hybridized carbons (Fsp3) is 0. The summed E-state index contributed by atoms with van der Waals surface area (Å²) in [4.78, 5) is 8.00. The Morgan fingerprint density at radius 1 is 1.30 bits per heavy atom. The zero-order chi connectivity index (χ0) is 7.98. The van der Waals surface area contributed by atoms with Crippen molar-refractivity contribution in [1.82, 2.24) is 0 Å². The molecule has 1 aromatic rings. The quantitative estimate of drug-likeness (QED) is 0.412. The van der Waals surface area contributed by atoms with E-state index in [9.17, 15) is 0 Å². The maximum atomic E-state index is 8.79. The summed E-state index contributed by atoms with van der Waals surface area (Å²) in [7, 11) is 0. The normalized spacial score (nSPS) is 7.60. The number of carbonyl (C=O) groups excluding carboxylic acids is 1. The molecule has 0 spiro atoms. The van der Waals surface area contributed by atoms with Crippen LogP contribution in [-0.2, 0) is 4.79 Å². The topological polar surface area (TPSA) is 63.3 Å². The molecular weight excluding hydrogens is 130 g/mol. The van der Waals surface area contributed by atoms with Gasteiger partial charge in [-0.15, -0.1) is 0 Å². The van der Waals surface area contributed by atoms with E-state index in [2.05, 4.69) is 0 Å². The molecule has 0 radical (unpaired) electrons. The zero-order valence-electron chi connectivity index (χ0n) is 5.45. The van der Waals surface area contributed by atoms with Gasteiger partial charge in [0.2, 0.25) is 0 Å². The fourth-order valence-corrected chi connectivity index (χ4v) is 0.488. The Morgan fingerprint density at radius 3 is 2.10 bits per heavy atom. The van der Waals surface area contributed by atoms with Crippen molar-refractivity contribution in [3.63, 3.8) is 0 Å². The van der Waals surface area contributed by atoms with E-state index in [1.165, 1.54) is 0 Å². The molecule has 0 unspecified atom stereocenters. The number of hydrogen-bond acceptors (Lipinski definition) is 3. The number of carbonyl (C=O) groups is 1. The molecule has 3 heteroatoms. The number of phenolic OH excluding ortho intramolecular Hbond substituents is 1. The predicted octanol–water partition coefficient (Wildman–Crippen LogP) is 0.789. The number of anilines is 1. The lowest BCUT2D eigenvalue weighted by Gasteiger charge is -1.92. The third kappa shape index (κ3) is 2.17. The Hall–Kier alpha value is -1.51. The molecule has 0 bridgehead atoms. The summed E-state index contributed by atoms with van der Waals surface area (Å²) in [6.07, 6.45) is 0. The number of hydrogen-bond donors (Lipinski definition) is 2. The molecule has 0 aliphatic heterocycles. The van der Waals surface area contributed by atoms with Crippen molar-refractivity contribution < 1.29 is 9.90 Å². The van der Waals surface area contributed by atoms with Gasteiger partial charge in [0.05, 0.1) is 5.69 Å². The van der Waals surface area contributed by atoms with E-state index in [4.69, 9.17) is 15.6 Å². The van der Waals surface area contributed by atoms with Crippen LogP contribution in [0.25, 0.3) is 0 Å². The van der Waals surface area contributed by atoms with Crippen LogP contribution >= 0.6 is 0 Å². The minimum atomic E-state index is 0.146. The standard InChI is InChI=1S/C6H7NO.CH2O/c7-5-3-1-2-4-6(5)8;1-2/h1-4,8H,7H2;1H2. The molecule has 0 aliphatic rings. The van der Waals surface area contributed by atoms with Gasteiger partial charge in [-0.1, -0.05) is 12.1 Å². The van der Waals surface area contributed by atoms with Crippen LogP contribution in [0.5, 0.6) is 5.75 Å². The Bertz CT molecular complexity index is 180. The van der Waals surface area contributed by atoms with Crippen LogP contribution in [0.4, 0.5) is 5.69 Å². The van der Waals surface area contributed by atoms with E-state index < -0.39 is 0 Å². The summed E-state index contributed by atoms with van der Waals surface area (Å²) in [5.74, 6) is 0.146. The third-order valence-corrected chi connectivity index (χ3v) is 0.937. The minimum Gasteiger partial charge on any atom is -0.506 e. The molecule has 0 atom stereocenters. The fourth-order valence-electron chi connectivity index (χ4n) is 0.488. The van der Waals surface area contributed by atoms with Gasteiger partial charge in [0.25, 0.3) is 0 Å². The van der Waals surface area contributed by atoms with Crippen molar-refractivity contribution in [1.29, 1.82) is 0 Å². The SMILES string of the molecule is C=O.Nc1ccccc1O. The van der Waals surface area contributed by atoms with E-state index in [0.717, 1.165) is 0 Å². The summed E-state index contributed by atoms with van der Waals surface area (Å²) in [5, 5.41) is 8.79. The van der Waals surface area contributed by atoms with Crippen LogP contribution in [0.15, 0.2) is 24.3 Å². The highest BCUT2D eigenvalue weighted by atomic mass is 16.3. The van der Waals surface area contributed by atoms with Crippen molar-refractivity contribution in [3.8, 4) is 5.75 Å². The number of aromatic hydroxyl groups is 1. The molecule has 1 rings (SSSR count). The number of phenols is 1. The molecule has 0 aromatic heterocycles. The number of para-hydroxylation sites is 2.